The van der Waals surface area contributed by atoms with Gasteiger partial charge < -0.3 is 15.0 Å². The van der Waals surface area contributed by atoms with E-state index in [0.717, 1.165) is 45.5 Å². The molecule has 6 rings (SSSR count). The fourth-order valence-corrected chi connectivity index (χ4v) is 5.68. The lowest BCUT2D eigenvalue weighted by atomic mass is 9.77. The molecule has 3 aliphatic rings. The molecule has 3 aromatic rings. The normalized spacial score (nSPS) is 22.1. The first-order valence-electron chi connectivity index (χ1n) is 12.1. The van der Waals surface area contributed by atoms with Crippen molar-refractivity contribution in [3.63, 3.8) is 0 Å². The maximum absolute atomic E-state index is 13.5. The van der Waals surface area contributed by atoms with E-state index in [1.54, 1.807) is 23.9 Å². The zero-order chi connectivity index (χ0) is 23.4. The van der Waals surface area contributed by atoms with Crippen molar-refractivity contribution < 1.29 is 4.74 Å². The maximum atomic E-state index is 13.5. The number of aromatic nitrogens is 5. The van der Waals surface area contributed by atoms with Crippen molar-refractivity contribution in [1.29, 1.82) is 0 Å². The second kappa shape index (κ2) is 8.23. The number of fused-ring (bicyclic) bond motifs is 1. The number of rotatable bonds is 5. The molecule has 0 amide bonds. The Kier molecular flexibility index (Phi) is 5.29. The number of nitrogens with one attached hydrogen (secondary N) is 2. The van der Waals surface area contributed by atoms with E-state index in [1.165, 1.54) is 12.8 Å². The van der Waals surface area contributed by atoms with E-state index in [-0.39, 0.29) is 11.0 Å². The largest absolute Gasteiger partial charge is 0.378 e. The first-order valence-corrected chi connectivity index (χ1v) is 12.5. The van der Waals surface area contributed by atoms with Crippen LogP contribution in [-0.4, -0.2) is 57.1 Å². The smallest absolute Gasteiger partial charge is 0.266 e. The molecule has 2 N–H and O–H groups in total. The van der Waals surface area contributed by atoms with Crippen molar-refractivity contribution in [3.05, 3.63) is 27.6 Å². The van der Waals surface area contributed by atoms with Crippen molar-refractivity contribution in [2.75, 3.05) is 36.5 Å². The van der Waals surface area contributed by atoms with Crippen molar-refractivity contribution in [3.8, 4) is 11.3 Å². The Balaban J connectivity index is 1.31. The highest BCUT2D eigenvalue weighted by Gasteiger charge is 2.41. The van der Waals surface area contributed by atoms with Crippen LogP contribution in [0, 0.1) is 11.3 Å². The predicted molar refractivity (Wildman–Crippen MR) is 132 cm³/mol. The van der Waals surface area contributed by atoms with Crippen LogP contribution >= 0.6 is 11.6 Å². The second-order valence-corrected chi connectivity index (χ2v) is 10.6. The summed E-state index contributed by atoms with van der Waals surface area (Å²) in [5.74, 6) is 1.98. The molecule has 5 heterocycles. The third-order valence-electron chi connectivity index (χ3n) is 7.68. The molecule has 180 valence electrons. The number of aromatic amines is 1. The zero-order valence-electron chi connectivity index (χ0n) is 19.6. The van der Waals surface area contributed by atoms with E-state index in [2.05, 4.69) is 32.3 Å². The Morgan fingerprint density at radius 2 is 2.12 bits per heavy atom. The first-order chi connectivity index (χ1) is 16.4. The van der Waals surface area contributed by atoms with Gasteiger partial charge in [0.25, 0.3) is 5.56 Å². The fourth-order valence-electron chi connectivity index (χ4n) is 5.42. The predicted octanol–water partition coefficient (Wildman–Crippen LogP) is 3.59. The molecule has 1 saturated carbocycles. The van der Waals surface area contributed by atoms with Gasteiger partial charge in [-0.05, 0) is 56.4 Å². The van der Waals surface area contributed by atoms with Gasteiger partial charge in [0.1, 0.15) is 16.9 Å². The van der Waals surface area contributed by atoms with Crippen LogP contribution in [0.4, 0.5) is 11.8 Å². The third kappa shape index (κ3) is 3.75. The van der Waals surface area contributed by atoms with Crippen LogP contribution < -0.4 is 15.8 Å². The van der Waals surface area contributed by atoms with E-state index in [4.69, 9.17) is 21.3 Å². The van der Waals surface area contributed by atoms with Gasteiger partial charge in [-0.3, -0.25) is 14.5 Å². The van der Waals surface area contributed by atoms with Crippen LogP contribution in [0.3, 0.4) is 0 Å². The number of halogens is 1. The number of hydrogen-bond acceptors (Lipinski definition) is 7. The number of piperidine rings is 1. The van der Waals surface area contributed by atoms with Crippen LogP contribution in [0.5, 0.6) is 0 Å². The number of ether oxygens (including phenoxy) is 1. The van der Waals surface area contributed by atoms with Crippen LogP contribution in [0.2, 0.25) is 5.02 Å². The van der Waals surface area contributed by atoms with E-state index in [0.29, 0.717) is 51.1 Å². The zero-order valence-corrected chi connectivity index (χ0v) is 20.4. The van der Waals surface area contributed by atoms with Gasteiger partial charge in [-0.15, -0.1) is 0 Å². The Hall–Kier alpha value is -2.65. The van der Waals surface area contributed by atoms with Crippen LogP contribution in [0.1, 0.15) is 39.0 Å². The Morgan fingerprint density at radius 3 is 2.82 bits per heavy atom. The van der Waals surface area contributed by atoms with Gasteiger partial charge in [0.2, 0.25) is 5.95 Å². The Bertz CT molecular complexity index is 1290. The van der Waals surface area contributed by atoms with Gasteiger partial charge in [0.05, 0.1) is 17.7 Å². The summed E-state index contributed by atoms with van der Waals surface area (Å²) in [5, 5.41) is 11.7. The van der Waals surface area contributed by atoms with Crippen molar-refractivity contribution in [2.24, 2.45) is 18.4 Å². The van der Waals surface area contributed by atoms with Crippen LogP contribution in [0.25, 0.3) is 22.3 Å². The highest BCUT2D eigenvalue weighted by atomic mass is 35.5. The molecule has 0 unspecified atom stereocenters. The van der Waals surface area contributed by atoms with E-state index >= 15 is 0 Å². The van der Waals surface area contributed by atoms with Gasteiger partial charge in [-0.2, -0.15) is 10.1 Å². The van der Waals surface area contributed by atoms with Crippen molar-refractivity contribution in [2.45, 2.75) is 45.1 Å². The summed E-state index contributed by atoms with van der Waals surface area (Å²) in [6, 6.07) is 1.79. The molecule has 3 fully saturated rings. The maximum Gasteiger partial charge on any atom is 0.266 e. The SMILES string of the molecule is C[C@H]1CC2(CCN(c3nc4[nH]nc(-c5ccnc(NCC6CC6)c5Cl)c4c(=O)n3C)CC2)CO1. The van der Waals surface area contributed by atoms with E-state index in [9.17, 15) is 4.79 Å². The molecule has 0 radical (unpaired) electrons. The van der Waals surface area contributed by atoms with Crippen molar-refractivity contribution in [1.82, 2.24) is 24.7 Å². The quantitative estimate of drug-likeness (QED) is 0.571. The highest BCUT2D eigenvalue weighted by Crippen LogP contribution is 2.42. The summed E-state index contributed by atoms with van der Waals surface area (Å²) in [7, 11) is 1.78. The fraction of sp³-hybridized carbons (Fsp3) is 0.583. The molecule has 9 nitrogen and oxygen atoms in total. The summed E-state index contributed by atoms with van der Waals surface area (Å²) >= 11 is 6.69. The van der Waals surface area contributed by atoms with Crippen LogP contribution in [-0.2, 0) is 11.8 Å². The molecule has 1 atom stereocenters. The number of H-pyrrole nitrogens is 1. The lowest BCUT2D eigenvalue weighted by Crippen LogP contribution is -2.43. The summed E-state index contributed by atoms with van der Waals surface area (Å²) in [5.41, 5.74) is 1.78. The molecule has 0 aromatic carbocycles. The summed E-state index contributed by atoms with van der Waals surface area (Å²) < 4.78 is 7.49. The van der Waals surface area contributed by atoms with Crippen LogP contribution in [0.15, 0.2) is 17.1 Å². The molecule has 1 aliphatic carbocycles. The lowest BCUT2D eigenvalue weighted by Gasteiger charge is -2.39. The summed E-state index contributed by atoms with van der Waals surface area (Å²) in [6.07, 6.45) is 7.71. The highest BCUT2D eigenvalue weighted by molar-refractivity contribution is 6.36. The molecule has 34 heavy (non-hydrogen) atoms. The Labute approximate surface area is 202 Å². The molecular weight excluding hydrogens is 454 g/mol. The number of hydrogen-bond donors (Lipinski definition) is 2. The Morgan fingerprint density at radius 1 is 1.32 bits per heavy atom. The van der Waals surface area contributed by atoms with Crippen molar-refractivity contribution >= 4 is 34.4 Å². The lowest BCUT2D eigenvalue weighted by molar-refractivity contribution is 0.0974. The van der Waals surface area contributed by atoms with E-state index in [1.807, 2.05) is 0 Å². The second-order valence-electron chi connectivity index (χ2n) is 10.2. The number of nitrogens with zero attached hydrogens (tertiary/aromatic N) is 5. The molecule has 3 aromatic heterocycles. The first kappa shape index (κ1) is 21.9. The minimum absolute atomic E-state index is 0.137. The molecular formula is C24H30ClN7O2. The minimum Gasteiger partial charge on any atom is -0.378 e. The average molecular weight is 484 g/mol. The summed E-state index contributed by atoms with van der Waals surface area (Å²) in [4.78, 5) is 24.9. The monoisotopic (exact) mass is 483 g/mol. The van der Waals surface area contributed by atoms with Gasteiger partial charge in [-0.25, -0.2) is 4.98 Å². The molecule has 2 aliphatic heterocycles. The van der Waals surface area contributed by atoms with Gasteiger partial charge in [0.15, 0.2) is 5.65 Å². The molecule has 2 saturated heterocycles. The topological polar surface area (TPSA) is 101 Å². The third-order valence-corrected chi connectivity index (χ3v) is 8.06. The standard InChI is InChI=1S/C24H30ClN7O2/c1-14-11-24(13-34-14)6-9-32(10-7-24)23-28-20-17(22(33)31(23)2)19(29-30-20)16-5-8-26-21(18(16)25)27-12-15-3-4-15/h5,8,14-15H,3-4,6-7,9-13H2,1-2H3,(H,26,27)(H,29,30)/t14-/m0/s1. The molecule has 1 spiro atoms. The van der Waals surface area contributed by atoms with Gasteiger partial charge in [0, 0.05) is 38.4 Å². The molecule has 0 bridgehead atoms. The number of anilines is 2. The summed E-state index contributed by atoms with van der Waals surface area (Å²) in [6.45, 7) is 5.55. The van der Waals surface area contributed by atoms with Gasteiger partial charge in [-0.1, -0.05) is 11.6 Å². The number of pyridine rings is 1. The van der Waals surface area contributed by atoms with Gasteiger partial charge >= 0.3 is 0 Å². The minimum atomic E-state index is -0.137. The average Bonchev–Trinajstić information content (AvgIpc) is 3.46. The van der Waals surface area contributed by atoms with E-state index < -0.39 is 0 Å². The molecule has 10 heteroatoms.